The standard InChI is InChI=1S/4C14H17.2C2H6Si.2ClH.2Zr/c4*1-4-5-12-7-6-11(3)13-8-10(2)9-14(12)13;2*1-3-2;;;;/h4*6-9H,4-5H2,1-3H3;2*1-2H3;2*1H;;/q4*-1;;;;;2*+2/p-2. The van der Waals surface area contributed by atoms with Crippen LogP contribution in [-0.2, 0) is 72.4 Å². The van der Waals surface area contributed by atoms with Gasteiger partial charge < -0.3 is 24.8 Å². The van der Waals surface area contributed by atoms with E-state index < -0.39 is 0 Å². The minimum Gasteiger partial charge on any atom is -1.00 e. The van der Waals surface area contributed by atoms with E-state index in [1.54, 1.807) is 46.7 Å². The monoisotopic (exact) mass is 1110 g/mol. The van der Waals surface area contributed by atoms with Crippen LogP contribution in [0.3, 0.4) is 0 Å². The van der Waals surface area contributed by atoms with Crippen molar-refractivity contribution in [3.8, 4) is 0 Å². The average molecular weight is 1110 g/mol. The van der Waals surface area contributed by atoms with E-state index in [9.17, 15) is 0 Å². The molecule has 0 aromatic heterocycles. The van der Waals surface area contributed by atoms with Crippen LogP contribution >= 0.6 is 0 Å². The fraction of sp³-hybridized carbons (Fsp3) is 0.400. The number of fused-ring (bicyclic) bond motifs is 4. The molecule has 352 valence electrons. The van der Waals surface area contributed by atoms with Crippen molar-refractivity contribution in [3.05, 3.63) is 164 Å². The number of hydrogen-bond acceptors (Lipinski definition) is 0. The summed E-state index contributed by atoms with van der Waals surface area (Å²) in [6, 6.07) is 36.5. The summed E-state index contributed by atoms with van der Waals surface area (Å²) in [6.07, 6.45) is 9.68. The summed E-state index contributed by atoms with van der Waals surface area (Å²) in [5.74, 6) is 0. The minimum atomic E-state index is 0. The Morgan fingerprint density at radius 2 is 0.515 bits per heavy atom. The Balaban J connectivity index is 0.000000413. The Hall–Kier alpha value is -1.90. The molecule has 0 nitrogen and oxygen atoms in total. The van der Waals surface area contributed by atoms with Crippen molar-refractivity contribution in [3.63, 3.8) is 0 Å². The van der Waals surface area contributed by atoms with Gasteiger partial charge in [0.15, 0.2) is 0 Å². The third kappa shape index (κ3) is 19.1. The van der Waals surface area contributed by atoms with Crippen LogP contribution in [0.15, 0.2) is 97.1 Å². The first-order valence-corrected chi connectivity index (χ1v) is 36.4. The molecule has 8 aromatic rings. The molecule has 0 radical (unpaired) electrons. The van der Waals surface area contributed by atoms with E-state index in [1.807, 2.05) is 0 Å². The molecule has 0 bridgehead atoms. The third-order valence-corrected chi connectivity index (χ3v) is 11.4. The first kappa shape index (κ1) is 62.1. The number of rotatable bonds is 8. The summed E-state index contributed by atoms with van der Waals surface area (Å²) in [6.45, 7) is 35.7. The van der Waals surface area contributed by atoms with E-state index >= 15 is 0 Å². The summed E-state index contributed by atoms with van der Waals surface area (Å²) in [4.78, 5) is 0. The molecule has 0 fully saturated rings. The predicted molar refractivity (Wildman–Crippen MR) is 287 cm³/mol. The van der Waals surface area contributed by atoms with Gasteiger partial charge in [-0.05, 0) is 25.7 Å². The van der Waals surface area contributed by atoms with Gasteiger partial charge >= 0.3 is 83.7 Å². The van der Waals surface area contributed by atoms with Gasteiger partial charge in [0.2, 0.25) is 0 Å². The quantitative estimate of drug-likeness (QED) is 0.105. The minimum absolute atomic E-state index is 0. The molecule has 8 rings (SSSR count). The summed E-state index contributed by atoms with van der Waals surface area (Å²) in [7, 11) is 0. The van der Waals surface area contributed by atoms with Crippen molar-refractivity contribution in [1.29, 1.82) is 0 Å². The van der Waals surface area contributed by atoms with Gasteiger partial charge in [0, 0.05) is 0 Å². The number of aryl methyl sites for hydroxylation is 12. The van der Waals surface area contributed by atoms with E-state index in [0.717, 1.165) is 0 Å². The van der Waals surface area contributed by atoms with Crippen molar-refractivity contribution < 1.29 is 71.5 Å². The second-order valence-corrected chi connectivity index (χ2v) is 37.4. The Kier molecular flexibility index (Phi) is 29.5. The van der Waals surface area contributed by atoms with Gasteiger partial charge in [-0.25, -0.2) is 0 Å². The SMILES string of the molecule is CCCc1ccc(C)c2[cH-]c(C)cc12.CCCc1ccc(C)c2[cH-]c(C)cc12.CCCc1ccc(C)c2[cH-]c(C)cc12.CCCc1ccc(C)c2[cH-]c(C)cc12.C[Si](C)=[Zr+2].C[Si](C)=[Zr+2].[Cl-].[Cl-]. The molecule has 8 aromatic carbocycles. The summed E-state index contributed by atoms with van der Waals surface area (Å²) >= 11 is 3.48. The summed E-state index contributed by atoms with van der Waals surface area (Å²) in [5.41, 5.74) is 17.5. The zero-order chi connectivity index (χ0) is 47.7. The van der Waals surface area contributed by atoms with Crippen LogP contribution in [-0.4, -0.2) is 10.9 Å². The van der Waals surface area contributed by atoms with Gasteiger partial charge in [-0.2, -0.15) is 24.3 Å². The van der Waals surface area contributed by atoms with Crippen LogP contribution in [0.1, 0.15) is 120 Å². The molecule has 0 unspecified atom stereocenters. The molecule has 66 heavy (non-hydrogen) atoms. The topological polar surface area (TPSA) is 0 Å². The normalized spacial score (nSPS) is 10.2. The Morgan fingerprint density at radius 1 is 0.348 bits per heavy atom. The molecule has 0 atom stereocenters. The van der Waals surface area contributed by atoms with Crippen LogP contribution in [0.4, 0.5) is 0 Å². The fourth-order valence-electron chi connectivity index (χ4n) is 8.55. The van der Waals surface area contributed by atoms with E-state index in [1.165, 1.54) is 161 Å². The van der Waals surface area contributed by atoms with Crippen LogP contribution in [0.5, 0.6) is 0 Å². The molecule has 0 N–H and O–H groups in total. The Bertz CT molecular complexity index is 2360. The van der Waals surface area contributed by atoms with Crippen LogP contribution in [0, 0.1) is 55.4 Å². The van der Waals surface area contributed by atoms with Gasteiger partial charge in [-0.3, -0.25) is 0 Å². The summed E-state index contributed by atoms with van der Waals surface area (Å²) in [5, 5.41) is 11.6. The van der Waals surface area contributed by atoms with E-state index in [-0.39, 0.29) is 35.7 Å². The van der Waals surface area contributed by atoms with E-state index in [4.69, 9.17) is 0 Å². The molecule has 0 aliphatic rings. The van der Waals surface area contributed by atoms with E-state index in [0.29, 0.717) is 0 Å². The number of halogens is 2. The van der Waals surface area contributed by atoms with E-state index in [2.05, 4.69) is 206 Å². The van der Waals surface area contributed by atoms with Gasteiger partial charge in [0.05, 0.1) is 0 Å². The number of hydrogen-bond donors (Lipinski definition) is 0. The zero-order valence-electron chi connectivity index (χ0n) is 43.7. The molecule has 0 saturated carbocycles. The molecular weight excluding hydrogens is 1030 g/mol. The van der Waals surface area contributed by atoms with Gasteiger partial charge in [-0.1, -0.05) is 155 Å². The van der Waals surface area contributed by atoms with Crippen LogP contribution in [0.25, 0.3) is 43.1 Å². The number of benzene rings is 4. The van der Waals surface area contributed by atoms with Crippen molar-refractivity contribution in [1.82, 2.24) is 0 Å². The average Bonchev–Trinajstić information content (AvgIpc) is 4.02. The van der Waals surface area contributed by atoms with Crippen molar-refractivity contribution in [2.75, 3.05) is 0 Å². The second-order valence-electron chi connectivity index (χ2n) is 18.6. The molecule has 0 saturated heterocycles. The van der Waals surface area contributed by atoms with Crippen molar-refractivity contribution in [2.45, 2.75) is 161 Å². The van der Waals surface area contributed by atoms with Gasteiger partial charge in [0.25, 0.3) is 0 Å². The first-order chi connectivity index (χ1) is 30.3. The Labute approximate surface area is 445 Å². The molecule has 0 heterocycles. The predicted octanol–water partition coefficient (Wildman–Crippen LogP) is 12.1. The third-order valence-electron chi connectivity index (χ3n) is 11.4. The molecule has 0 aliphatic heterocycles. The zero-order valence-corrected chi connectivity index (χ0v) is 52.1. The second kappa shape index (κ2) is 31.4. The smallest absolute Gasteiger partial charge is 1.00 e. The van der Waals surface area contributed by atoms with Gasteiger partial charge in [0.1, 0.15) is 0 Å². The molecule has 0 aliphatic carbocycles. The Morgan fingerprint density at radius 3 is 0.667 bits per heavy atom. The first-order valence-electron chi connectivity index (χ1n) is 24.0. The molecule has 0 spiro atoms. The fourth-order valence-corrected chi connectivity index (χ4v) is 8.55. The largest absolute Gasteiger partial charge is 1.00 e. The summed E-state index contributed by atoms with van der Waals surface area (Å²) < 4.78 is 0. The van der Waals surface area contributed by atoms with Gasteiger partial charge in [-0.15, -0.1) is 136 Å². The molecule has 0 amide bonds. The van der Waals surface area contributed by atoms with Crippen LogP contribution < -0.4 is 24.8 Å². The maximum atomic E-state index is 2.31. The maximum Gasteiger partial charge on any atom is -1.00 e. The van der Waals surface area contributed by atoms with Crippen LogP contribution in [0.2, 0.25) is 26.2 Å². The maximum absolute atomic E-state index is 2.31. The van der Waals surface area contributed by atoms with Crippen molar-refractivity contribution in [2.24, 2.45) is 0 Å². The van der Waals surface area contributed by atoms with Crippen molar-refractivity contribution >= 4 is 54.0 Å². The molecular formula is C60H80Cl2Si2Zr2-2. The molecule has 6 heteroatoms.